The van der Waals surface area contributed by atoms with E-state index in [2.05, 4.69) is 22.1 Å². The van der Waals surface area contributed by atoms with E-state index in [4.69, 9.17) is 5.73 Å². The van der Waals surface area contributed by atoms with Crippen LogP contribution in [-0.2, 0) is 0 Å². The van der Waals surface area contributed by atoms with Crippen molar-refractivity contribution in [2.45, 2.75) is 6.92 Å². The minimum atomic E-state index is -0.463. The minimum absolute atomic E-state index is 0.462. The molecule has 5 heteroatoms. The number of para-hydroxylation sites is 2. The number of primary amides is 1. The van der Waals surface area contributed by atoms with Gasteiger partial charge < -0.3 is 10.3 Å². The molecule has 2 aromatic carbocycles. The van der Waals surface area contributed by atoms with E-state index in [0.29, 0.717) is 5.56 Å². The van der Waals surface area contributed by atoms with Crippen LogP contribution in [0.25, 0.3) is 38.8 Å². The third-order valence-electron chi connectivity index (χ3n) is 5.21. The first-order valence-corrected chi connectivity index (χ1v) is 9.34. The Balaban J connectivity index is 1.77. The van der Waals surface area contributed by atoms with Gasteiger partial charge in [-0.05, 0) is 48.4 Å². The van der Waals surface area contributed by atoms with Crippen molar-refractivity contribution in [2.75, 3.05) is 0 Å². The highest BCUT2D eigenvalue weighted by atomic mass is 16.1. The Hall–Kier alpha value is -3.99. The number of rotatable bonds is 3. The van der Waals surface area contributed by atoms with E-state index in [1.54, 1.807) is 12.3 Å². The maximum absolute atomic E-state index is 11.9. The lowest BCUT2D eigenvalue weighted by atomic mass is 10.0. The van der Waals surface area contributed by atoms with Gasteiger partial charge in [-0.1, -0.05) is 30.3 Å². The number of amides is 1. The topological polar surface area (TPSA) is 73.8 Å². The van der Waals surface area contributed by atoms with Crippen molar-refractivity contribution in [3.8, 4) is 16.8 Å². The molecular formula is C24H18N4O. The van der Waals surface area contributed by atoms with Crippen molar-refractivity contribution >= 4 is 27.8 Å². The van der Waals surface area contributed by atoms with Crippen molar-refractivity contribution in [1.82, 2.24) is 14.5 Å². The summed E-state index contributed by atoms with van der Waals surface area (Å²) in [6.45, 7) is 2.05. The van der Waals surface area contributed by atoms with E-state index in [9.17, 15) is 4.79 Å². The van der Waals surface area contributed by atoms with Crippen LogP contribution in [-0.4, -0.2) is 20.4 Å². The van der Waals surface area contributed by atoms with Gasteiger partial charge in [-0.15, -0.1) is 0 Å². The predicted octanol–water partition coefficient (Wildman–Crippen LogP) is 4.65. The van der Waals surface area contributed by atoms with Gasteiger partial charge in [-0.2, -0.15) is 0 Å². The lowest BCUT2D eigenvalue weighted by Crippen LogP contribution is -2.14. The zero-order valence-corrected chi connectivity index (χ0v) is 15.8. The predicted molar refractivity (Wildman–Crippen MR) is 115 cm³/mol. The van der Waals surface area contributed by atoms with Crippen LogP contribution in [0.1, 0.15) is 15.9 Å². The molecule has 5 rings (SSSR count). The largest absolute Gasteiger partial charge is 0.366 e. The number of carbonyl (C=O) groups excluding carboxylic acids is 1. The summed E-state index contributed by atoms with van der Waals surface area (Å²) in [6.07, 6.45) is 5.68. The number of hydrogen-bond donors (Lipinski definition) is 1. The van der Waals surface area contributed by atoms with Crippen LogP contribution >= 0.6 is 0 Å². The SMILES string of the molecule is Cc1cn(-c2ccccc2C(N)=O)c2nccc(-c3cnc4ccccc4c3)c12. The van der Waals surface area contributed by atoms with Gasteiger partial charge in [0.05, 0.1) is 16.8 Å². The fraction of sp³-hybridized carbons (Fsp3) is 0.0417. The number of hydrogen-bond acceptors (Lipinski definition) is 3. The number of fused-ring (bicyclic) bond motifs is 2. The quantitative estimate of drug-likeness (QED) is 0.497. The molecule has 2 N–H and O–H groups in total. The number of nitrogens with zero attached hydrogens (tertiary/aromatic N) is 3. The second-order valence-electron chi connectivity index (χ2n) is 7.04. The Labute approximate surface area is 167 Å². The molecule has 0 unspecified atom stereocenters. The second kappa shape index (κ2) is 6.56. The van der Waals surface area contributed by atoms with E-state index in [1.807, 2.05) is 66.3 Å². The van der Waals surface area contributed by atoms with Crippen molar-refractivity contribution in [3.63, 3.8) is 0 Å². The van der Waals surface area contributed by atoms with Crippen molar-refractivity contribution < 1.29 is 4.79 Å². The van der Waals surface area contributed by atoms with E-state index in [0.717, 1.165) is 44.3 Å². The Morgan fingerprint density at radius 2 is 1.79 bits per heavy atom. The van der Waals surface area contributed by atoms with Crippen LogP contribution < -0.4 is 5.73 Å². The first-order chi connectivity index (χ1) is 14.1. The minimum Gasteiger partial charge on any atom is -0.366 e. The molecule has 3 heterocycles. The molecule has 0 aliphatic carbocycles. The van der Waals surface area contributed by atoms with Gasteiger partial charge in [-0.3, -0.25) is 9.78 Å². The van der Waals surface area contributed by atoms with E-state index >= 15 is 0 Å². The number of aryl methyl sites for hydroxylation is 1. The first-order valence-electron chi connectivity index (χ1n) is 9.34. The maximum Gasteiger partial charge on any atom is 0.250 e. The van der Waals surface area contributed by atoms with E-state index < -0.39 is 5.91 Å². The molecule has 5 nitrogen and oxygen atoms in total. The third-order valence-corrected chi connectivity index (χ3v) is 5.21. The number of benzene rings is 2. The maximum atomic E-state index is 11.9. The molecule has 0 saturated carbocycles. The summed E-state index contributed by atoms with van der Waals surface area (Å²) in [5, 5.41) is 2.12. The summed E-state index contributed by atoms with van der Waals surface area (Å²) in [6, 6.07) is 19.5. The van der Waals surface area contributed by atoms with Crippen molar-refractivity contribution in [3.05, 3.63) is 90.4 Å². The van der Waals surface area contributed by atoms with Gasteiger partial charge >= 0.3 is 0 Å². The molecule has 5 aromatic rings. The molecular weight excluding hydrogens is 360 g/mol. The molecule has 1 amide bonds. The average molecular weight is 378 g/mol. The number of carbonyl (C=O) groups is 1. The standard InChI is InChI=1S/C24H18N4O/c1-15-14-28(21-9-5-3-7-19(21)23(25)29)24-22(15)18(10-11-26-24)17-12-16-6-2-4-8-20(16)27-13-17/h2-14H,1H3,(H2,25,29). The summed E-state index contributed by atoms with van der Waals surface area (Å²) in [4.78, 5) is 21.2. The van der Waals surface area contributed by atoms with E-state index in [1.165, 1.54) is 0 Å². The summed E-state index contributed by atoms with van der Waals surface area (Å²) in [5.41, 5.74) is 11.7. The molecule has 0 aliphatic rings. The number of nitrogens with two attached hydrogens (primary N) is 1. The monoisotopic (exact) mass is 378 g/mol. The molecule has 0 bridgehead atoms. The van der Waals surface area contributed by atoms with Gasteiger partial charge in [0.15, 0.2) is 0 Å². The molecule has 0 aliphatic heterocycles. The second-order valence-corrected chi connectivity index (χ2v) is 7.04. The Kier molecular flexibility index (Phi) is 3.88. The van der Waals surface area contributed by atoms with Crippen LogP contribution in [0.3, 0.4) is 0 Å². The van der Waals surface area contributed by atoms with Gasteiger partial charge in [-0.25, -0.2) is 4.98 Å². The van der Waals surface area contributed by atoms with Gasteiger partial charge in [0.2, 0.25) is 0 Å². The molecule has 29 heavy (non-hydrogen) atoms. The summed E-state index contributed by atoms with van der Waals surface area (Å²) < 4.78 is 1.93. The van der Waals surface area contributed by atoms with Gasteiger partial charge in [0.25, 0.3) is 5.91 Å². The lowest BCUT2D eigenvalue weighted by Gasteiger charge is -2.10. The highest BCUT2D eigenvalue weighted by Gasteiger charge is 2.17. The van der Waals surface area contributed by atoms with Gasteiger partial charge in [0.1, 0.15) is 5.65 Å². The number of aromatic nitrogens is 3. The Morgan fingerprint density at radius 1 is 1.00 bits per heavy atom. The fourth-order valence-electron chi connectivity index (χ4n) is 3.88. The van der Waals surface area contributed by atoms with Crippen LogP contribution in [0.15, 0.2) is 79.3 Å². The van der Waals surface area contributed by atoms with Crippen LogP contribution in [0.2, 0.25) is 0 Å². The molecule has 3 aromatic heterocycles. The summed E-state index contributed by atoms with van der Waals surface area (Å²) in [7, 11) is 0. The molecule has 0 atom stereocenters. The fourth-order valence-corrected chi connectivity index (χ4v) is 3.88. The Bertz CT molecular complexity index is 1400. The van der Waals surface area contributed by atoms with Crippen LogP contribution in [0.4, 0.5) is 0 Å². The molecule has 0 saturated heterocycles. The van der Waals surface area contributed by atoms with Crippen molar-refractivity contribution in [2.24, 2.45) is 5.73 Å². The zero-order valence-electron chi connectivity index (χ0n) is 15.8. The molecule has 0 radical (unpaired) electrons. The molecule has 0 fully saturated rings. The zero-order chi connectivity index (χ0) is 20.0. The van der Waals surface area contributed by atoms with E-state index in [-0.39, 0.29) is 0 Å². The van der Waals surface area contributed by atoms with Crippen LogP contribution in [0, 0.1) is 6.92 Å². The normalized spacial score (nSPS) is 11.2. The summed E-state index contributed by atoms with van der Waals surface area (Å²) >= 11 is 0. The number of pyridine rings is 2. The highest BCUT2D eigenvalue weighted by Crippen LogP contribution is 2.33. The lowest BCUT2D eigenvalue weighted by molar-refractivity contribution is 0.100. The third kappa shape index (κ3) is 2.75. The highest BCUT2D eigenvalue weighted by molar-refractivity contribution is 6.00. The van der Waals surface area contributed by atoms with Crippen molar-refractivity contribution in [1.29, 1.82) is 0 Å². The summed E-state index contributed by atoms with van der Waals surface area (Å²) in [5.74, 6) is -0.463. The first kappa shape index (κ1) is 17.1. The average Bonchev–Trinajstić information content (AvgIpc) is 3.10. The smallest absolute Gasteiger partial charge is 0.250 e. The molecule has 140 valence electrons. The van der Waals surface area contributed by atoms with Crippen LogP contribution in [0.5, 0.6) is 0 Å². The Morgan fingerprint density at radius 3 is 2.66 bits per heavy atom. The molecule has 0 spiro atoms. The van der Waals surface area contributed by atoms with Gasteiger partial charge in [0, 0.05) is 34.9 Å².